The predicted octanol–water partition coefficient (Wildman–Crippen LogP) is 4.58. The zero-order valence-corrected chi connectivity index (χ0v) is 18.7. The molecule has 0 spiro atoms. The summed E-state index contributed by atoms with van der Waals surface area (Å²) in [5.41, 5.74) is 5.88. The van der Waals surface area contributed by atoms with Gasteiger partial charge in [0.2, 0.25) is 0 Å². The van der Waals surface area contributed by atoms with Crippen molar-refractivity contribution in [1.82, 2.24) is 14.5 Å². The number of nitrogens with zero attached hydrogens (tertiary/aromatic N) is 3. The number of nitrogens with two attached hydrogens (primary N) is 1. The molecule has 158 valence electrons. The van der Waals surface area contributed by atoms with Crippen LogP contribution in [0.15, 0.2) is 12.3 Å². The summed E-state index contributed by atoms with van der Waals surface area (Å²) in [6, 6.07) is 1.71. The quantitative estimate of drug-likeness (QED) is 0.374. The van der Waals surface area contributed by atoms with Gasteiger partial charge in [0, 0.05) is 38.9 Å². The fourth-order valence-corrected chi connectivity index (χ4v) is 3.88. The van der Waals surface area contributed by atoms with Gasteiger partial charge in [0.05, 0.1) is 5.56 Å². The van der Waals surface area contributed by atoms with Crippen molar-refractivity contribution < 1.29 is 17.9 Å². The average Bonchev–Trinajstić information content (AvgIpc) is 2.88. The van der Waals surface area contributed by atoms with Crippen LogP contribution in [0.25, 0.3) is 11.0 Å². The van der Waals surface area contributed by atoms with Crippen LogP contribution in [0.2, 0.25) is 30.8 Å². The van der Waals surface area contributed by atoms with Crippen molar-refractivity contribution in [1.29, 1.82) is 0 Å². The maximum Gasteiger partial charge on any atom is 0.418 e. The normalized spacial score (nSPS) is 14.2. The lowest BCUT2D eigenvalue weighted by molar-refractivity contribution is -0.136. The van der Waals surface area contributed by atoms with E-state index in [0.717, 1.165) is 12.2 Å². The van der Waals surface area contributed by atoms with E-state index in [2.05, 4.69) is 24.6 Å². The SMILES string of the molecule is CN(C)CC(N)c1cc(Cl)nc2c1c(C(F)(F)F)cn2COCC[Si](C)(C)C. The molecule has 5 nitrogen and oxygen atoms in total. The first-order valence-electron chi connectivity index (χ1n) is 9.04. The van der Waals surface area contributed by atoms with Gasteiger partial charge < -0.3 is 19.9 Å². The number of halogens is 4. The van der Waals surface area contributed by atoms with E-state index in [1.165, 1.54) is 10.6 Å². The number of pyridine rings is 1. The Morgan fingerprint density at radius 3 is 2.50 bits per heavy atom. The number of hydrogen-bond donors (Lipinski definition) is 1. The van der Waals surface area contributed by atoms with Crippen LogP contribution < -0.4 is 5.73 Å². The van der Waals surface area contributed by atoms with Crippen LogP contribution in [-0.4, -0.2) is 49.8 Å². The third-order valence-corrected chi connectivity index (χ3v) is 6.22. The van der Waals surface area contributed by atoms with Gasteiger partial charge in [-0.2, -0.15) is 13.2 Å². The summed E-state index contributed by atoms with van der Waals surface area (Å²) >= 11 is 6.11. The number of aromatic nitrogens is 2. The molecule has 0 aliphatic rings. The summed E-state index contributed by atoms with van der Waals surface area (Å²) in [6.45, 7) is 7.48. The molecule has 0 aliphatic carbocycles. The molecule has 2 N–H and O–H groups in total. The highest BCUT2D eigenvalue weighted by atomic mass is 35.5. The Morgan fingerprint density at radius 1 is 1.32 bits per heavy atom. The Hall–Kier alpha value is -1.13. The van der Waals surface area contributed by atoms with E-state index in [-0.39, 0.29) is 22.9 Å². The van der Waals surface area contributed by atoms with Crippen molar-refractivity contribution in [3.8, 4) is 0 Å². The van der Waals surface area contributed by atoms with Crippen LogP contribution in [0.1, 0.15) is 17.2 Å². The fourth-order valence-electron chi connectivity index (χ4n) is 2.92. The van der Waals surface area contributed by atoms with E-state index in [4.69, 9.17) is 22.1 Å². The highest BCUT2D eigenvalue weighted by molar-refractivity contribution is 6.76. The highest BCUT2D eigenvalue weighted by Gasteiger charge is 2.37. The number of fused-ring (bicyclic) bond motifs is 1. The maximum atomic E-state index is 13.7. The predicted molar refractivity (Wildman–Crippen MR) is 109 cm³/mol. The zero-order valence-electron chi connectivity index (χ0n) is 16.9. The third-order valence-electron chi connectivity index (χ3n) is 4.32. The van der Waals surface area contributed by atoms with Gasteiger partial charge in [-0.05, 0) is 31.8 Å². The van der Waals surface area contributed by atoms with Crippen molar-refractivity contribution in [2.75, 3.05) is 27.2 Å². The molecule has 0 fully saturated rings. The summed E-state index contributed by atoms with van der Waals surface area (Å²) in [7, 11) is 2.32. The van der Waals surface area contributed by atoms with Gasteiger partial charge in [-0.1, -0.05) is 31.2 Å². The molecule has 0 saturated carbocycles. The smallest absolute Gasteiger partial charge is 0.361 e. The van der Waals surface area contributed by atoms with Gasteiger partial charge in [-0.3, -0.25) is 0 Å². The minimum Gasteiger partial charge on any atom is -0.361 e. The Kier molecular flexibility index (Phi) is 7.20. The van der Waals surface area contributed by atoms with E-state index in [1.54, 1.807) is 0 Å². The number of alkyl halides is 3. The Balaban J connectivity index is 2.48. The van der Waals surface area contributed by atoms with Crippen molar-refractivity contribution in [2.45, 2.75) is 44.6 Å². The second-order valence-electron chi connectivity index (χ2n) is 8.46. The van der Waals surface area contributed by atoms with Crippen molar-refractivity contribution in [3.05, 3.63) is 28.5 Å². The van der Waals surface area contributed by atoms with E-state index < -0.39 is 25.9 Å². The largest absolute Gasteiger partial charge is 0.418 e. The summed E-state index contributed by atoms with van der Waals surface area (Å²) in [4.78, 5) is 5.96. The molecule has 2 rings (SSSR count). The van der Waals surface area contributed by atoms with Crippen molar-refractivity contribution in [3.63, 3.8) is 0 Å². The lowest BCUT2D eigenvalue weighted by Gasteiger charge is -2.19. The molecule has 2 aromatic heterocycles. The van der Waals surface area contributed by atoms with Crippen molar-refractivity contribution in [2.24, 2.45) is 5.73 Å². The number of rotatable bonds is 8. The summed E-state index contributed by atoms with van der Waals surface area (Å²) in [5, 5.41) is 0.0897. The average molecular weight is 437 g/mol. The van der Waals surface area contributed by atoms with Crippen LogP contribution in [-0.2, 0) is 17.6 Å². The topological polar surface area (TPSA) is 56.3 Å². The van der Waals surface area contributed by atoms with Gasteiger partial charge in [0.25, 0.3) is 0 Å². The molecule has 0 aliphatic heterocycles. The van der Waals surface area contributed by atoms with Gasteiger partial charge in [0.15, 0.2) is 0 Å². The lowest BCUT2D eigenvalue weighted by Crippen LogP contribution is -2.26. The van der Waals surface area contributed by atoms with Crippen molar-refractivity contribution >= 4 is 30.7 Å². The van der Waals surface area contributed by atoms with Gasteiger partial charge in [-0.15, -0.1) is 0 Å². The molecule has 0 saturated heterocycles. The van der Waals surface area contributed by atoms with Gasteiger partial charge in [-0.25, -0.2) is 4.98 Å². The molecule has 2 heterocycles. The first-order chi connectivity index (χ1) is 12.8. The number of ether oxygens (including phenoxy) is 1. The van der Waals surface area contributed by atoms with Gasteiger partial charge in [0.1, 0.15) is 17.5 Å². The highest BCUT2D eigenvalue weighted by Crippen LogP contribution is 2.39. The molecule has 0 amide bonds. The zero-order chi connectivity index (χ0) is 21.3. The summed E-state index contributed by atoms with van der Waals surface area (Å²) in [5.74, 6) is 0. The molecule has 2 aromatic rings. The molecule has 0 radical (unpaired) electrons. The summed E-state index contributed by atoms with van der Waals surface area (Å²) < 4.78 is 48.2. The first-order valence-corrected chi connectivity index (χ1v) is 13.1. The molecule has 28 heavy (non-hydrogen) atoms. The van der Waals surface area contributed by atoms with Gasteiger partial charge >= 0.3 is 6.18 Å². The molecular formula is C18H28ClF3N4OSi. The summed E-state index contributed by atoms with van der Waals surface area (Å²) in [6.07, 6.45) is -3.50. The third kappa shape index (κ3) is 5.93. The number of likely N-dealkylation sites (N-methyl/N-ethyl adjacent to an activating group) is 1. The fraction of sp³-hybridized carbons (Fsp3) is 0.611. The molecule has 0 bridgehead atoms. The monoisotopic (exact) mass is 436 g/mol. The second kappa shape index (κ2) is 8.70. The Labute approximate surface area is 169 Å². The van der Waals surface area contributed by atoms with E-state index in [0.29, 0.717) is 18.7 Å². The lowest BCUT2D eigenvalue weighted by atomic mass is 10.0. The molecular weight excluding hydrogens is 409 g/mol. The van der Waals surface area contributed by atoms with E-state index in [1.807, 2.05) is 19.0 Å². The van der Waals surface area contributed by atoms with Crippen LogP contribution in [0.4, 0.5) is 13.2 Å². The second-order valence-corrected chi connectivity index (χ2v) is 14.5. The maximum absolute atomic E-state index is 13.7. The number of hydrogen-bond acceptors (Lipinski definition) is 4. The minimum absolute atomic E-state index is 0.0138. The first kappa shape index (κ1) is 23.1. The van der Waals surface area contributed by atoms with E-state index in [9.17, 15) is 13.2 Å². The minimum atomic E-state index is -4.54. The van der Waals surface area contributed by atoms with E-state index >= 15 is 0 Å². The molecule has 0 aromatic carbocycles. The standard InChI is InChI=1S/C18H28ClF3N4OSi/c1-25(2)10-14(23)12-8-15(19)24-17-16(12)13(18(20,21)22)9-26(17)11-27-6-7-28(3,4)5/h8-9,14H,6-7,10-11,23H2,1-5H3. The van der Waals surface area contributed by atoms with Crippen LogP contribution in [0.3, 0.4) is 0 Å². The van der Waals surface area contributed by atoms with Crippen LogP contribution >= 0.6 is 11.6 Å². The van der Waals surface area contributed by atoms with Crippen LogP contribution in [0.5, 0.6) is 0 Å². The molecule has 10 heteroatoms. The Morgan fingerprint density at radius 2 is 1.96 bits per heavy atom. The Bertz CT molecular complexity index is 818. The molecule has 1 unspecified atom stereocenters. The molecule has 1 atom stereocenters. The van der Waals surface area contributed by atoms with Crippen LogP contribution in [0, 0.1) is 0 Å².